The SMILES string of the molecule is O=C(O)C1(COCC2CC2)CCC1. The molecule has 2 fully saturated rings. The second-order valence-corrected chi connectivity index (χ2v) is 4.40. The summed E-state index contributed by atoms with van der Waals surface area (Å²) in [5, 5.41) is 8.98. The molecule has 0 atom stereocenters. The van der Waals surface area contributed by atoms with Crippen molar-refractivity contribution in [1.82, 2.24) is 0 Å². The average molecular weight is 184 g/mol. The number of carbonyl (C=O) groups is 1. The molecule has 0 spiro atoms. The van der Waals surface area contributed by atoms with Gasteiger partial charge in [0.1, 0.15) is 0 Å². The molecule has 2 saturated carbocycles. The summed E-state index contributed by atoms with van der Waals surface area (Å²) in [6.07, 6.45) is 5.17. The van der Waals surface area contributed by atoms with Crippen molar-refractivity contribution in [2.24, 2.45) is 11.3 Å². The summed E-state index contributed by atoms with van der Waals surface area (Å²) >= 11 is 0. The van der Waals surface area contributed by atoms with Crippen LogP contribution in [0.1, 0.15) is 32.1 Å². The summed E-state index contributed by atoms with van der Waals surface area (Å²) in [7, 11) is 0. The van der Waals surface area contributed by atoms with E-state index in [9.17, 15) is 4.79 Å². The van der Waals surface area contributed by atoms with E-state index in [1.54, 1.807) is 0 Å². The molecule has 0 bridgehead atoms. The summed E-state index contributed by atoms with van der Waals surface area (Å²) in [5.74, 6) is 0.0560. The lowest BCUT2D eigenvalue weighted by Gasteiger charge is -2.37. The zero-order valence-electron chi connectivity index (χ0n) is 7.79. The molecule has 0 amide bonds. The molecule has 0 radical (unpaired) electrons. The van der Waals surface area contributed by atoms with Gasteiger partial charge in [-0.2, -0.15) is 0 Å². The Kier molecular flexibility index (Phi) is 2.28. The maximum absolute atomic E-state index is 10.9. The fourth-order valence-electron chi connectivity index (χ4n) is 1.73. The van der Waals surface area contributed by atoms with Crippen LogP contribution < -0.4 is 0 Å². The highest BCUT2D eigenvalue weighted by molar-refractivity contribution is 5.75. The third kappa shape index (κ3) is 1.85. The summed E-state index contributed by atoms with van der Waals surface area (Å²) in [6.45, 7) is 1.20. The number of carboxylic acids is 1. The molecule has 1 N–H and O–H groups in total. The van der Waals surface area contributed by atoms with Crippen molar-refractivity contribution in [2.45, 2.75) is 32.1 Å². The van der Waals surface area contributed by atoms with E-state index >= 15 is 0 Å². The quantitative estimate of drug-likeness (QED) is 0.707. The van der Waals surface area contributed by atoms with Gasteiger partial charge >= 0.3 is 5.97 Å². The molecule has 0 heterocycles. The largest absolute Gasteiger partial charge is 0.481 e. The van der Waals surface area contributed by atoms with Gasteiger partial charge in [-0.05, 0) is 31.6 Å². The molecule has 0 unspecified atom stereocenters. The van der Waals surface area contributed by atoms with Crippen LogP contribution in [0.2, 0.25) is 0 Å². The molecule has 0 aromatic carbocycles. The molecule has 2 rings (SSSR count). The van der Waals surface area contributed by atoms with Gasteiger partial charge in [0, 0.05) is 6.61 Å². The maximum Gasteiger partial charge on any atom is 0.311 e. The molecular weight excluding hydrogens is 168 g/mol. The third-order valence-corrected chi connectivity index (χ3v) is 3.19. The molecule has 13 heavy (non-hydrogen) atoms. The van der Waals surface area contributed by atoms with E-state index in [-0.39, 0.29) is 0 Å². The molecular formula is C10H16O3. The third-order valence-electron chi connectivity index (χ3n) is 3.19. The first-order chi connectivity index (χ1) is 6.23. The van der Waals surface area contributed by atoms with Gasteiger partial charge in [-0.25, -0.2) is 0 Å². The minimum absolute atomic E-state index is 0.429. The summed E-state index contributed by atoms with van der Waals surface area (Å²) in [6, 6.07) is 0. The lowest BCUT2D eigenvalue weighted by atomic mass is 9.69. The zero-order chi connectivity index (χ0) is 9.31. The molecule has 74 valence electrons. The summed E-state index contributed by atoms with van der Waals surface area (Å²) in [5.41, 5.74) is -0.519. The van der Waals surface area contributed by atoms with Crippen LogP contribution >= 0.6 is 0 Å². The Labute approximate surface area is 78.1 Å². The number of rotatable bonds is 5. The highest BCUT2D eigenvalue weighted by atomic mass is 16.5. The number of aliphatic carboxylic acids is 1. The van der Waals surface area contributed by atoms with Gasteiger partial charge in [0.15, 0.2) is 0 Å². The Bertz CT molecular complexity index is 204. The topological polar surface area (TPSA) is 46.5 Å². The van der Waals surface area contributed by atoms with Crippen LogP contribution in [0.4, 0.5) is 0 Å². The fraction of sp³-hybridized carbons (Fsp3) is 0.900. The predicted octanol–water partition coefficient (Wildman–Crippen LogP) is 1.67. The smallest absolute Gasteiger partial charge is 0.311 e. The van der Waals surface area contributed by atoms with Crippen molar-refractivity contribution in [1.29, 1.82) is 0 Å². The number of carboxylic acid groups (broad SMARTS) is 1. The normalized spacial score (nSPS) is 25.2. The van der Waals surface area contributed by atoms with E-state index in [1.807, 2.05) is 0 Å². The van der Waals surface area contributed by atoms with Crippen molar-refractivity contribution in [2.75, 3.05) is 13.2 Å². The number of ether oxygens (including phenoxy) is 1. The summed E-state index contributed by atoms with van der Waals surface area (Å²) in [4.78, 5) is 10.9. The minimum atomic E-state index is -0.672. The van der Waals surface area contributed by atoms with Gasteiger partial charge < -0.3 is 9.84 Å². The molecule has 0 aliphatic heterocycles. The number of hydrogen-bond acceptors (Lipinski definition) is 2. The van der Waals surface area contributed by atoms with Crippen LogP contribution in [0.25, 0.3) is 0 Å². The van der Waals surface area contributed by atoms with E-state index in [1.165, 1.54) is 12.8 Å². The molecule has 0 aromatic heterocycles. The van der Waals surface area contributed by atoms with Crippen molar-refractivity contribution in [3.05, 3.63) is 0 Å². The van der Waals surface area contributed by atoms with Crippen LogP contribution in [0.5, 0.6) is 0 Å². The van der Waals surface area contributed by atoms with Gasteiger partial charge in [-0.15, -0.1) is 0 Å². The highest BCUT2D eigenvalue weighted by Crippen LogP contribution is 2.41. The standard InChI is InChI=1S/C10H16O3/c11-9(12)10(4-1-5-10)7-13-6-8-2-3-8/h8H,1-7H2,(H,11,12). The van der Waals surface area contributed by atoms with Crippen LogP contribution in [-0.4, -0.2) is 24.3 Å². The minimum Gasteiger partial charge on any atom is -0.481 e. The van der Waals surface area contributed by atoms with E-state index in [2.05, 4.69) is 0 Å². The predicted molar refractivity (Wildman–Crippen MR) is 47.5 cm³/mol. The second kappa shape index (κ2) is 3.29. The Morgan fingerprint density at radius 3 is 2.54 bits per heavy atom. The van der Waals surface area contributed by atoms with Crippen molar-refractivity contribution < 1.29 is 14.6 Å². The first-order valence-electron chi connectivity index (χ1n) is 5.04. The van der Waals surface area contributed by atoms with Crippen LogP contribution in [0.15, 0.2) is 0 Å². The van der Waals surface area contributed by atoms with E-state index in [0.717, 1.165) is 31.8 Å². The first-order valence-corrected chi connectivity index (χ1v) is 5.04. The van der Waals surface area contributed by atoms with Crippen molar-refractivity contribution in [3.8, 4) is 0 Å². The summed E-state index contributed by atoms with van der Waals surface area (Å²) < 4.78 is 5.45. The highest BCUT2D eigenvalue weighted by Gasteiger charge is 2.44. The van der Waals surface area contributed by atoms with Crippen LogP contribution in [-0.2, 0) is 9.53 Å². The molecule has 3 heteroatoms. The molecule has 0 aromatic rings. The Morgan fingerprint density at radius 2 is 2.15 bits per heavy atom. The number of hydrogen-bond donors (Lipinski definition) is 1. The fourth-order valence-corrected chi connectivity index (χ4v) is 1.73. The lowest BCUT2D eigenvalue weighted by Crippen LogP contribution is -2.42. The average Bonchev–Trinajstić information content (AvgIpc) is 2.76. The second-order valence-electron chi connectivity index (χ2n) is 4.40. The van der Waals surface area contributed by atoms with Crippen LogP contribution in [0, 0.1) is 11.3 Å². The molecule has 2 aliphatic rings. The van der Waals surface area contributed by atoms with E-state index < -0.39 is 11.4 Å². The van der Waals surface area contributed by atoms with E-state index in [0.29, 0.717) is 6.61 Å². The van der Waals surface area contributed by atoms with Gasteiger partial charge in [0.25, 0.3) is 0 Å². The van der Waals surface area contributed by atoms with Crippen molar-refractivity contribution in [3.63, 3.8) is 0 Å². The van der Waals surface area contributed by atoms with Gasteiger partial charge in [0.05, 0.1) is 12.0 Å². The van der Waals surface area contributed by atoms with Gasteiger partial charge in [-0.3, -0.25) is 4.79 Å². The maximum atomic E-state index is 10.9. The molecule has 0 saturated heterocycles. The zero-order valence-corrected chi connectivity index (χ0v) is 7.79. The Balaban J connectivity index is 1.73. The molecule has 3 nitrogen and oxygen atoms in total. The Hall–Kier alpha value is -0.570. The lowest BCUT2D eigenvalue weighted by molar-refractivity contribution is -0.160. The van der Waals surface area contributed by atoms with Crippen LogP contribution in [0.3, 0.4) is 0 Å². The monoisotopic (exact) mass is 184 g/mol. The first kappa shape index (κ1) is 9.00. The molecule has 2 aliphatic carbocycles. The van der Waals surface area contributed by atoms with Crippen molar-refractivity contribution >= 4 is 5.97 Å². The Morgan fingerprint density at radius 1 is 1.46 bits per heavy atom. The van der Waals surface area contributed by atoms with Gasteiger partial charge in [-0.1, -0.05) is 6.42 Å². The van der Waals surface area contributed by atoms with E-state index in [4.69, 9.17) is 9.84 Å². The van der Waals surface area contributed by atoms with Gasteiger partial charge in [0.2, 0.25) is 0 Å².